The van der Waals surface area contributed by atoms with Gasteiger partial charge in [0.1, 0.15) is 6.54 Å². The zero-order chi connectivity index (χ0) is 9.56. The van der Waals surface area contributed by atoms with Crippen molar-refractivity contribution in [3.63, 3.8) is 0 Å². The maximum atomic E-state index is 10.9. The van der Waals surface area contributed by atoms with Gasteiger partial charge in [0.05, 0.1) is 0 Å². The predicted octanol–water partition coefficient (Wildman–Crippen LogP) is 0.623. The van der Waals surface area contributed by atoms with Gasteiger partial charge in [0.2, 0.25) is 5.91 Å². The van der Waals surface area contributed by atoms with E-state index in [-0.39, 0.29) is 12.5 Å². The molecule has 0 aliphatic rings. The van der Waals surface area contributed by atoms with E-state index < -0.39 is 5.97 Å². The molecule has 0 bridgehead atoms. The molecule has 0 radical (unpaired) electrons. The Bertz CT molecular complexity index is 168. The zero-order valence-electron chi connectivity index (χ0n) is 7.46. The number of carboxylic acid groups (broad SMARTS) is 1. The van der Waals surface area contributed by atoms with Crippen LogP contribution < -0.4 is 5.32 Å². The van der Waals surface area contributed by atoms with Crippen molar-refractivity contribution in [3.8, 4) is 0 Å². The maximum Gasteiger partial charge on any atom is 0.322 e. The van der Waals surface area contributed by atoms with E-state index >= 15 is 0 Å². The summed E-state index contributed by atoms with van der Waals surface area (Å²) >= 11 is 0. The fraction of sp³-hybridized carbons (Fsp3) is 0.750. The van der Waals surface area contributed by atoms with E-state index in [2.05, 4.69) is 5.32 Å². The molecule has 0 aromatic heterocycles. The summed E-state index contributed by atoms with van der Waals surface area (Å²) < 4.78 is 0. The lowest BCUT2D eigenvalue weighted by atomic mass is 10.1. The van der Waals surface area contributed by atoms with Crippen LogP contribution in [0.3, 0.4) is 0 Å². The topological polar surface area (TPSA) is 66.4 Å². The van der Waals surface area contributed by atoms with Gasteiger partial charge in [0.15, 0.2) is 0 Å². The van der Waals surface area contributed by atoms with E-state index in [9.17, 15) is 9.59 Å². The molecular formula is C8H15NO3. The third-order valence-electron chi connectivity index (χ3n) is 1.67. The largest absolute Gasteiger partial charge is 0.480 e. The second kappa shape index (κ2) is 5.57. The van der Waals surface area contributed by atoms with Gasteiger partial charge < -0.3 is 10.4 Å². The SMILES string of the molecule is CC[C@H](C)CC(=O)NCC(=O)O. The second-order valence-corrected chi connectivity index (χ2v) is 2.89. The number of rotatable bonds is 5. The van der Waals surface area contributed by atoms with Crippen LogP contribution >= 0.6 is 0 Å². The quantitative estimate of drug-likeness (QED) is 0.640. The third kappa shape index (κ3) is 5.70. The molecule has 1 atom stereocenters. The fourth-order valence-electron chi connectivity index (χ4n) is 0.707. The molecule has 2 N–H and O–H groups in total. The van der Waals surface area contributed by atoms with E-state index in [0.717, 1.165) is 6.42 Å². The monoisotopic (exact) mass is 173 g/mol. The van der Waals surface area contributed by atoms with Gasteiger partial charge in [-0.2, -0.15) is 0 Å². The molecule has 0 aromatic rings. The first-order chi connectivity index (χ1) is 5.56. The van der Waals surface area contributed by atoms with Gasteiger partial charge in [-0.25, -0.2) is 0 Å². The van der Waals surface area contributed by atoms with E-state index in [1.54, 1.807) is 0 Å². The van der Waals surface area contributed by atoms with Crippen LogP contribution in [0.2, 0.25) is 0 Å². The van der Waals surface area contributed by atoms with Gasteiger partial charge in [0, 0.05) is 6.42 Å². The second-order valence-electron chi connectivity index (χ2n) is 2.89. The number of carboxylic acids is 1. The van der Waals surface area contributed by atoms with Crippen molar-refractivity contribution in [1.82, 2.24) is 5.32 Å². The molecule has 0 saturated heterocycles. The third-order valence-corrected chi connectivity index (χ3v) is 1.67. The highest BCUT2D eigenvalue weighted by Gasteiger charge is 2.07. The Labute approximate surface area is 72.0 Å². The summed E-state index contributed by atoms with van der Waals surface area (Å²) in [5.41, 5.74) is 0. The van der Waals surface area contributed by atoms with Crippen molar-refractivity contribution in [1.29, 1.82) is 0 Å². The Morgan fingerprint density at radius 1 is 1.50 bits per heavy atom. The maximum absolute atomic E-state index is 10.9. The molecule has 12 heavy (non-hydrogen) atoms. The van der Waals surface area contributed by atoms with Gasteiger partial charge in [-0.1, -0.05) is 20.3 Å². The Morgan fingerprint density at radius 2 is 2.08 bits per heavy atom. The Kier molecular flexibility index (Phi) is 5.08. The van der Waals surface area contributed by atoms with Crippen LogP contribution in [-0.2, 0) is 9.59 Å². The number of hydrogen-bond donors (Lipinski definition) is 2. The van der Waals surface area contributed by atoms with E-state index in [1.807, 2.05) is 13.8 Å². The van der Waals surface area contributed by atoms with Crippen molar-refractivity contribution in [2.45, 2.75) is 26.7 Å². The predicted molar refractivity (Wildman–Crippen MR) is 44.7 cm³/mol. The number of nitrogens with one attached hydrogen (secondary N) is 1. The first-order valence-electron chi connectivity index (χ1n) is 4.04. The highest BCUT2D eigenvalue weighted by atomic mass is 16.4. The molecule has 70 valence electrons. The van der Waals surface area contributed by atoms with Crippen LogP contribution in [-0.4, -0.2) is 23.5 Å². The van der Waals surface area contributed by atoms with Gasteiger partial charge in [-0.15, -0.1) is 0 Å². The highest BCUT2D eigenvalue weighted by molar-refractivity contribution is 5.81. The van der Waals surface area contributed by atoms with Gasteiger partial charge >= 0.3 is 5.97 Å². The standard InChI is InChI=1S/C8H15NO3/c1-3-6(2)4-7(10)9-5-8(11)12/h6H,3-5H2,1-2H3,(H,9,10)(H,11,12)/t6-/m0/s1. The lowest BCUT2D eigenvalue weighted by Crippen LogP contribution is -2.30. The Morgan fingerprint density at radius 3 is 2.50 bits per heavy atom. The minimum Gasteiger partial charge on any atom is -0.480 e. The lowest BCUT2D eigenvalue weighted by molar-refractivity contribution is -0.138. The van der Waals surface area contributed by atoms with Crippen LogP contribution in [0.25, 0.3) is 0 Å². The molecule has 0 fully saturated rings. The van der Waals surface area contributed by atoms with Gasteiger partial charge in [0.25, 0.3) is 0 Å². The summed E-state index contributed by atoms with van der Waals surface area (Å²) in [5, 5.41) is 10.5. The Balaban J connectivity index is 3.53. The van der Waals surface area contributed by atoms with Gasteiger partial charge in [-0.05, 0) is 5.92 Å². The van der Waals surface area contributed by atoms with Crippen molar-refractivity contribution < 1.29 is 14.7 Å². The van der Waals surface area contributed by atoms with E-state index in [0.29, 0.717) is 12.3 Å². The first kappa shape index (κ1) is 10.9. The molecule has 0 aliphatic heterocycles. The molecule has 1 amide bonds. The first-order valence-corrected chi connectivity index (χ1v) is 4.04. The van der Waals surface area contributed by atoms with Crippen LogP contribution in [0.4, 0.5) is 0 Å². The van der Waals surface area contributed by atoms with Crippen LogP contribution in [0.15, 0.2) is 0 Å². The zero-order valence-corrected chi connectivity index (χ0v) is 7.46. The van der Waals surface area contributed by atoms with E-state index in [1.165, 1.54) is 0 Å². The van der Waals surface area contributed by atoms with Crippen LogP contribution in [0.5, 0.6) is 0 Å². The highest BCUT2D eigenvalue weighted by Crippen LogP contribution is 2.04. The molecule has 0 aromatic carbocycles. The number of carbonyl (C=O) groups excluding carboxylic acids is 1. The van der Waals surface area contributed by atoms with E-state index in [4.69, 9.17) is 5.11 Å². The molecule has 0 rings (SSSR count). The normalized spacial score (nSPS) is 12.2. The minimum absolute atomic E-state index is 0.188. The van der Waals surface area contributed by atoms with Crippen LogP contribution in [0, 0.1) is 5.92 Å². The van der Waals surface area contributed by atoms with Crippen molar-refractivity contribution in [3.05, 3.63) is 0 Å². The summed E-state index contributed by atoms with van der Waals surface area (Å²) in [7, 11) is 0. The number of hydrogen-bond acceptors (Lipinski definition) is 2. The molecule has 0 unspecified atom stereocenters. The fourth-order valence-corrected chi connectivity index (χ4v) is 0.707. The average molecular weight is 173 g/mol. The summed E-state index contributed by atoms with van der Waals surface area (Å²) in [6.45, 7) is 3.67. The lowest BCUT2D eigenvalue weighted by Gasteiger charge is -2.06. The molecule has 4 nitrogen and oxygen atoms in total. The summed E-state index contributed by atoms with van der Waals surface area (Å²) in [5.74, 6) is -0.877. The van der Waals surface area contributed by atoms with Gasteiger partial charge in [-0.3, -0.25) is 9.59 Å². The summed E-state index contributed by atoms with van der Waals surface area (Å²) in [6, 6.07) is 0. The molecule has 0 aliphatic carbocycles. The number of carbonyl (C=O) groups is 2. The van der Waals surface area contributed by atoms with Crippen LogP contribution in [0.1, 0.15) is 26.7 Å². The smallest absolute Gasteiger partial charge is 0.322 e. The molecule has 0 heterocycles. The average Bonchev–Trinajstić information content (AvgIpc) is 2.00. The molecule has 0 spiro atoms. The molecule has 4 heteroatoms. The Hall–Kier alpha value is -1.06. The summed E-state index contributed by atoms with van der Waals surface area (Å²) in [6.07, 6.45) is 1.34. The molecular weight excluding hydrogens is 158 g/mol. The minimum atomic E-state index is -1.01. The molecule has 0 saturated carbocycles. The number of aliphatic carboxylic acids is 1. The summed E-state index contributed by atoms with van der Waals surface area (Å²) in [4.78, 5) is 21.0. The van der Waals surface area contributed by atoms with Crippen molar-refractivity contribution >= 4 is 11.9 Å². The number of amides is 1. The van der Waals surface area contributed by atoms with Crippen molar-refractivity contribution in [2.24, 2.45) is 5.92 Å². The van der Waals surface area contributed by atoms with Crippen molar-refractivity contribution in [2.75, 3.05) is 6.54 Å².